The van der Waals surface area contributed by atoms with Gasteiger partial charge in [0.1, 0.15) is 11.9 Å². The number of carbonyl (C=O) groups excluding carboxylic acids is 1. The number of rotatable bonds is 1. The van der Waals surface area contributed by atoms with Crippen molar-refractivity contribution >= 4 is 33.4 Å². The van der Waals surface area contributed by atoms with Gasteiger partial charge in [0.05, 0.1) is 11.4 Å². The first-order valence-electron chi connectivity index (χ1n) is 7.56. The van der Waals surface area contributed by atoms with Crippen LogP contribution < -0.4 is 4.90 Å². The molecule has 0 atom stereocenters. The smallest absolute Gasteiger partial charge is 0.414 e. The molecule has 1 aliphatic rings. The predicted octanol–water partition coefficient (Wildman–Crippen LogP) is 3.66. The number of anilines is 1. The van der Waals surface area contributed by atoms with Crippen LogP contribution >= 0.6 is 15.9 Å². The largest absolute Gasteiger partial charge is 0.443 e. The summed E-state index contributed by atoms with van der Waals surface area (Å²) in [5.74, 6) is 0. The summed E-state index contributed by atoms with van der Waals surface area (Å²) >= 11 is 3.49. The second-order valence-corrected chi connectivity index (χ2v) is 8.04. The SMILES string of the molecule is CC(C)(C)OC(=O)N1CC(C)(C)c2c1cc(CBr)c1ncnn21. The van der Waals surface area contributed by atoms with Crippen LogP contribution in [0.25, 0.3) is 5.65 Å². The number of carbonyl (C=O) groups is 1. The molecule has 124 valence electrons. The molecule has 2 aromatic rings. The molecule has 2 aromatic heterocycles. The van der Waals surface area contributed by atoms with Crippen molar-refractivity contribution in [1.82, 2.24) is 14.6 Å². The zero-order valence-electron chi connectivity index (χ0n) is 14.1. The Labute approximate surface area is 144 Å². The van der Waals surface area contributed by atoms with E-state index < -0.39 is 5.60 Å². The number of nitrogens with zero attached hydrogens (tertiary/aromatic N) is 4. The molecule has 0 fully saturated rings. The Hall–Kier alpha value is -1.63. The van der Waals surface area contributed by atoms with Gasteiger partial charge in [0, 0.05) is 22.9 Å². The van der Waals surface area contributed by atoms with Gasteiger partial charge in [-0.25, -0.2) is 14.3 Å². The number of pyridine rings is 1. The lowest BCUT2D eigenvalue weighted by Gasteiger charge is -2.25. The lowest BCUT2D eigenvalue weighted by Crippen LogP contribution is -2.38. The molecule has 0 unspecified atom stereocenters. The van der Waals surface area contributed by atoms with Crippen LogP contribution in [0, 0.1) is 0 Å². The molecular formula is C16H21BrN4O2. The number of alkyl halides is 1. The average Bonchev–Trinajstić information content (AvgIpc) is 2.98. The lowest BCUT2D eigenvalue weighted by molar-refractivity contribution is 0.0579. The van der Waals surface area contributed by atoms with E-state index in [1.807, 2.05) is 31.4 Å². The van der Waals surface area contributed by atoms with Crippen LogP contribution in [0.4, 0.5) is 10.5 Å². The Balaban J connectivity index is 2.16. The van der Waals surface area contributed by atoms with E-state index in [0.29, 0.717) is 11.9 Å². The molecule has 7 heteroatoms. The highest BCUT2D eigenvalue weighted by Gasteiger charge is 2.42. The second-order valence-electron chi connectivity index (χ2n) is 7.48. The van der Waals surface area contributed by atoms with Gasteiger partial charge < -0.3 is 4.74 Å². The van der Waals surface area contributed by atoms with Crippen molar-refractivity contribution in [2.24, 2.45) is 0 Å². The fourth-order valence-electron chi connectivity index (χ4n) is 3.00. The van der Waals surface area contributed by atoms with Gasteiger partial charge in [-0.3, -0.25) is 4.90 Å². The molecular weight excluding hydrogens is 360 g/mol. The van der Waals surface area contributed by atoms with Gasteiger partial charge >= 0.3 is 6.09 Å². The van der Waals surface area contributed by atoms with Crippen LogP contribution in [0.3, 0.4) is 0 Å². The van der Waals surface area contributed by atoms with Crippen LogP contribution in [-0.2, 0) is 15.5 Å². The normalized spacial score (nSPS) is 16.7. The highest BCUT2D eigenvalue weighted by atomic mass is 79.9. The topological polar surface area (TPSA) is 59.7 Å². The Morgan fingerprint density at radius 1 is 1.43 bits per heavy atom. The maximum absolute atomic E-state index is 12.6. The van der Waals surface area contributed by atoms with E-state index in [0.717, 1.165) is 22.6 Å². The van der Waals surface area contributed by atoms with Gasteiger partial charge in [-0.1, -0.05) is 29.8 Å². The number of hydrogen-bond acceptors (Lipinski definition) is 4. The Bertz CT molecular complexity index is 776. The quantitative estimate of drug-likeness (QED) is 0.708. The third-order valence-corrected chi connectivity index (χ3v) is 4.45. The van der Waals surface area contributed by atoms with Crippen LogP contribution in [0.2, 0.25) is 0 Å². The fraction of sp³-hybridized carbons (Fsp3) is 0.562. The van der Waals surface area contributed by atoms with Crippen molar-refractivity contribution in [1.29, 1.82) is 0 Å². The van der Waals surface area contributed by atoms with E-state index in [1.54, 1.807) is 11.2 Å². The Kier molecular flexibility index (Phi) is 3.66. The number of halogens is 1. The summed E-state index contributed by atoms with van der Waals surface area (Å²) in [5, 5.41) is 5.01. The molecule has 6 nitrogen and oxygen atoms in total. The number of ether oxygens (including phenoxy) is 1. The molecule has 0 spiro atoms. The predicted molar refractivity (Wildman–Crippen MR) is 92.2 cm³/mol. The summed E-state index contributed by atoms with van der Waals surface area (Å²) in [7, 11) is 0. The monoisotopic (exact) mass is 380 g/mol. The molecule has 1 aliphatic heterocycles. The van der Waals surface area contributed by atoms with Gasteiger partial charge in [-0.2, -0.15) is 5.10 Å². The average molecular weight is 381 g/mol. The molecule has 1 amide bonds. The van der Waals surface area contributed by atoms with E-state index in [9.17, 15) is 4.79 Å². The van der Waals surface area contributed by atoms with Crippen LogP contribution in [0.1, 0.15) is 45.9 Å². The Morgan fingerprint density at radius 2 is 2.13 bits per heavy atom. The molecule has 0 N–H and O–H groups in total. The van der Waals surface area contributed by atoms with E-state index in [4.69, 9.17) is 4.74 Å². The summed E-state index contributed by atoms with van der Waals surface area (Å²) in [6.45, 7) is 10.4. The summed E-state index contributed by atoms with van der Waals surface area (Å²) in [5.41, 5.74) is 2.88. The van der Waals surface area contributed by atoms with Gasteiger partial charge in [0.2, 0.25) is 0 Å². The molecule has 0 radical (unpaired) electrons. The number of hydrogen-bond donors (Lipinski definition) is 0. The van der Waals surface area contributed by atoms with Crippen molar-refractivity contribution in [3.8, 4) is 0 Å². The molecule has 0 aromatic carbocycles. The first-order valence-corrected chi connectivity index (χ1v) is 8.69. The highest BCUT2D eigenvalue weighted by Crippen LogP contribution is 2.42. The summed E-state index contributed by atoms with van der Waals surface area (Å²) < 4.78 is 7.41. The summed E-state index contributed by atoms with van der Waals surface area (Å²) in [4.78, 5) is 18.7. The number of fused-ring (bicyclic) bond motifs is 3. The molecule has 3 rings (SSSR count). The maximum Gasteiger partial charge on any atom is 0.414 e. The van der Waals surface area contributed by atoms with Crippen molar-refractivity contribution in [3.63, 3.8) is 0 Å². The number of amides is 1. The molecule has 23 heavy (non-hydrogen) atoms. The first-order chi connectivity index (χ1) is 10.6. The summed E-state index contributed by atoms with van der Waals surface area (Å²) in [6.07, 6.45) is 1.22. The van der Waals surface area contributed by atoms with E-state index in [2.05, 4.69) is 39.9 Å². The van der Waals surface area contributed by atoms with Gasteiger partial charge in [-0.05, 0) is 26.8 Å². The van der Waals surface area contributed by atoms with Crippen LogP contribution in [-0.4, -0.2) is 32.8 Å². The van der Waals surface area contributed by atoms with Crippen LogP contribution in [0.15, 0.2) is 12.4 Å². The zero-order valence-corrected chi connectivity index (χ0v) is 15.6. The van der Waals surface area contributed by atoms with E-state index in [-0.39, 0.29) is 11.5 Å². The maximum atomic E-state index is 12.6. The van der Waals surface area contributed by atoms with E-state index in [1.165, 1.54) is 0 Å². The molecule has 0 saturated carbocycles. The van der Waals surface area contributed by atoms with Gasteiger partial charge in [0.25, 0.3) is 0 Å². The second kappa shape index (κ2) is 5.19. The lowest BCUT2D eigenvalue weighted by atomic mass is 9.91. The van der Waals surface area contributed by atoms with Gasteiger partial charge in [0.15, 0.2) is 5.65 Å². The van der Waals surface area contributed by atoms with E-state index >= 15 is 0 Å². The highest BCUT2D eigenvalue weighted by molar-refractivity contribution is 9.08. The Morgan fingerprint density at radius 3 is 2.74 bits per heavy atom. The summed E-state index contributed by atoms with van der Waals surface area (Å²) in [6, 6.07) is 2.01. The third kappa shape index (κ3) is 2.71. The fourth-order valence-corrected chi connectivity index (χ4v) is 3.42. The molecule has 0 aliphatic carbocycles. The zero-order chi connectivity index (χ0) is 17.0. The van der Waals surface area contributed by atoms with Crippen molar-refractivity contribution in [2.75, 3.05) is 11.4 Å². The molecule has 3 heterocycles. The number of aromatic nitrogens is 3. The minimum Gasteiger partial charge on any atom is -0.443 e. The first kappa shape index (κ1) is 16.2. The third-order valence-electron chi connectivity index (χ3n) is 3.84. The van der Waals surface area contributed by atoms with Crippen molar-refractivity contribution < 1.29 is 9.53 Å². The van der Waals surface area contributed by atoms with Gasteiger partial charge in [-0.15, -0.1) is 0 Å². The van der Waals surface area contributed by atoms with Crippen molar-refractivity contribution in [2.45, 2.75) is 51.0 Å². The molecule has 0 bridgehead atoms. The van der Waals surface area contributed by atoms with Crippen LogP contribution in [0.5, 0.6) is 0 Å². The molecule has 0 saturated heterocycles. The minimum atomic E-state index is -0.528. The standard InChI is InChI=1S/C16H21BrN4O2/c1-15(2,3)23-14(22)20-8-16(4,5)12-11(20)6-10(7-17)13-18-9-19-21(12)13/h6,9H,7-8H2,1-5H3. The van der Waals surface area contributed by atoms with Crippen molar-refractivity contribution in [3.05, 3.63) is 23.7 Å². The minimum absolute atomic E-state index is 0.233.